The highest BCUT2D eigenvalue weighted by Crippen LogP contribution is 1.99. The van der Waals surface area contributed by atoms with Gasteiger partial charge in [0.2, 0.25) is 6.23 Å². The third kappa shape index (κ3) is 3.07. The smallest absolute Gasteiger partial charge is 0.354 e. The molecule has 80 valence electrons. The highest BCUT2D eigenvalue weighted by atomic mass is 16.5. The van der Waals surface area contributed by atoms with E-state index in [1.165, 1.54) is 7.11 Å². The van der Waals surface area contributed by atoms with Gasteiger partial charge in [-0.25, -0.2) is 4.79 Å². The predicted molar refractivity (Wildman–Crippen MR) is 52.3 cm³/mol. The summed E-state index contributed by atoms with van der Waals surface area (Å²) in [4.78, 5) is 22.0. The third-order valence-electron chi connectivity index (χ3n) is 1.76. The number of methoxy groups -OCH3 is 1. The van der Waals surface area contributed by atoms with Crippen LogP contribution in [0.5, 0.6) is 0 Å². The molecule has 0 spiro atoms. The molecule has 1 unspecified atom stereocenters. The van der Waals surface area contributed by atoms with Gasteiger partial charge < -0.3 is 15.2 Å². The molecule has 0 aromatic heterocycles. The zero-order chi connectivity index (χ0) is 11.3. The Morgan fingerprint density at radius 1 is 1.33 bits per heavy atom. The Morgan fingerprint density at radius 2 is 1.93 bits per heavy atom. The van der Waals surface area contributed by atoms with Gasteiger partial charge >= 0.3 is 5.97 Å². The standard InChI is InChI=1S/C10H11NO4/c1-15-9(10(13)14)11-8(12)7-5-3-2-4-6-7/h2-6,9H,1H3,(H,11,12)(H,13,14). The van der Waals surface area contributed by atoms with Gasteiger partial charge in [-0.05, 0) is 12.1 Å². The van der Waals surface area contributed by atoms with E-state index in [0.717, 1.165) is 0 Å². The van der Waals surface area contributed by atoms with Crippen molar-refractivity contribution in [2.75, 3.05) is 7.11 Å². The Kier molecular flexibility index (Phi) is 3.82. The number of carboxylic acids is 1. The van der Waals surface area contributed by atoms with Crippen LogP contribution >= 0.6 is 0 Å². The molecule has 1 amide bonds. The van der Waals surface area contributed by atoms with Crippen LogP contribution in [-0.4, -0.2) is 30.3 Å². The lowest BCUT2D eigenvalue weighted by atomic mass is 10.2. The molecule has 0 aliphatic rings. The molecule has 5 nitrogen and oxygen atoms in total. The second kappa shape index (κ2) is 5.11. The molecule has 0 aliphatic carbocycles. The van der Waals surface area contributed by atoms with Gasteiger partial charge in [0, 0.05) is 12.7 Å². The zero-order valence-electron chi connectivity index (χ0n) is 8.14. The van der Waals surface area contributed by atoms with Crippen LogP contribution in [0, 0.1) is 0 Å². The van der Waals surface area contributed by atoms with Crippen LogP contribution in [0.25, 0.3) is 0 Å². The van der Waals surface area contributed by atoms with Crippen molar-refractivity contribution in [1.29, 1.82) is 0 Å². The maximum Gasteiger partial charge on any atom is 0.354 e. The zero-order valence-corrected chi connectivity index (χ0v) is 8.14. The van der Waals surface area contributed by atoms with Crippen LogP contribution in [0.3, 0.4) is 0 Å². The summed E-state index contributed by atoms with van der Waals surface area (Å²) in [6, 6.07) is 8.32. The first-order valence-corrected chi connectivity index (χ1v) is 4.26. The molecule has 2 N–H and O–H groups in total. The minimum absolute atomic E-state index is 0.390. The normalized spacial score (nSPS) is 11.8. The number of nitrogens with one attached hydrogen (secondary N) is 1. The van der Waals surface area contributed by atoms with Gasteiger partial charge in [0.1, 0.15) is 0 Å². The predicted octanol–water partition coefficient (Wildman–Crippen LogP) is 0.474. The van der Waals surface area contributed by atoms with Crippen molar-refractivity contribution in [2.45, 2.75) is 6.23 Å². The Labute approximate surface area is 86.7 Å². The monoisotopic (exact) mass is 209 g/mol. The number of rotatable bonds is 4. The lowest BCUT2D eigenvalue weighted by molar-refractivity contribution is -0.149. The first-order chi connectivity index (χ1) is 7.15. The van der Waals surface area contributed by atoms with Crippen molar-refractivity contribution in [2.24, 2.45) is 0 Å². The van der Waals surface area contributed by atoms with Gasteiger partial charge in [-0.15, -0.1) is 0 Å². The lowest BCUT2D eigenvalue weighted by Crippen LogP contribution is -2.42. The summed E-state index contributed by atoms with van der Waals surface area (Å²) in [6.07, 6.45) is -1.32. The number of amides is 1. The van der Waals surface area contributed by atoms with E-state index in [2.05, 4.69) is 10.1 Å². The number of hydrogen-bond acceptors (Lipinski definition) is 3. The Bertz CT molecular complexity index is 350. The highest BCUT2D eigenvalue weighted by molar-refractivity contribution is 5.96. The molecule has 0 fully saturated rings. The van der Waals surface area contributed by atoms with E-state index in [1.54, 1.807) is 30.3 Å². The quantitative estimate of drug-likeness (QED) is 0.707. The van der Waals surface area contributed by atoms with E-state index in [9.17, 15) is 9.59 Å². The van der Waals surface area contributed by atoms with E-state index in [0.29, 0.717) is 5.56 Å². The number of aliphatic carboxylic acids is 1. The van der Waals surface area contributed by atoms with Crippen molar-refractivity contribution in [3.8, 4) is 0 Å². The number of carbonyl (C=O) groups excluding carboxylic acids is 1. The maximum atomic E-state index is 11.5. The minimum atomic E-state index is -1.32. The van der Waals surface area contributed by atoms with Gasteiger partial charge in [-0.1, -0.05) is 18.2 Å². The summed E-state index contributed by atoms with van der Waals surface area (Å²) in [5.41, 5.74) is 0.390. The Balaban J connectivity index is 2.67. The molecule has 1 atom stereocenters. The van der Waals surface area contributed by atoms with Crippen LogP contribution in [0.4, 0.5) is 0 Å². The molecule has 0 heterocycles. The second-order valence-electron chi connectivity index (χ2n) is 2.79. The maximum absolute atomic E-state index is 11.5. The summed E-state index contributed by atoms with van der Waals surface area (Å²) in [7, 11) is 1.21. The first-order valence-electron chi connectivity index (χ1n) is 4.26. The summed E-state index contributed by atoms with van der Waals surface area (Å²) < 4.78 is 4.57. The largest absolute Gasteiger partial charge is 0.478 e. The molecule has 0 bridgehead atoms. The average Bonchev–Trinajstić information content (AvgIpc) is 2.26. The van der Waals surface area contributed by atoms with Crippen LogP contribution in [0.1, 0.15) is 10.4 Å². The van der Waals surface area contributed by atoms with Gasteiger partial charge in [-0.2, -0.15) is 0 Å². The lowest BCUT2D eigenvalue weighted by Gasteiger charge is -2.12. The van der Waals surface area contributed by atoms with E-state index >= 15 is 0 Å². The van der Waals surface area contributed by atoms with E-state index in [1.807, 2.05) is 0 Å². The van der Waals surface area contributed by atoms with Gasteiger partial charge in [0.15, 0.2) is 0 Å². The molecule has 0 aliphatic heterocycles. The summed E-state index contributed by atoms with van der Waals surface area (Å²) in [5, 5.41) is 10.9. The SMILES string of the molecule is COC(NC(=O)c1ccccc1)C(=O)O. The first kappa shape index (κ1) is 11.2. The molecule has 1 rings (SSSR count). The molecule has 1 aromatic carbocycles. The van der Waals surface area contributed by atoms with Crippen molar-refractivity contribution in [3.05, 3.63) is 35.9 Å². The van der Waals surface area contributed by atoms with E-state index in [4.69, 9.17) is 5.11 Å². The number of benzene rings is 1. The van der Waals surface area contributed by atoms with Crippen molar-refractivity contribution >= 4 is 11.9 Å². The van der Waals surface area contributed by atoms with Crippen molar-refractivity contribution < 1.29 is 19.4 Å². The molecule has 15 heavy (non-hydrogen) atoms. The number of carboxylic acid groups (broad SMARTS) is 1. The molecule has 1 aromatic rings. The molecule has 0 radical (unpaired) electrons. The average molecular weight is 209 g/mol. The molecule has 0 saturated heterocycles. The summed E-state index contributed by atoms with van der Waals surface area (Å²) >= 11 is 0. The second-order valence-corrected chi connectivity index (χ2v) is 2.79. The van der Waals surface area contributed by atoms with Gasteiger partial charge in [-0.3, -0.25) is 4.79 Å². The van der Waals surface area contributed by atoms with Gasteiger partial charge in [0.25, 0.3) is 5.91 Å². The highest BCUT2D eigenvalue weighted by Gasteiger charge is 2.19. The van der Waals surface area contributed by atoms with Crippen LogP contribution in [0.15, 0.2) is 30.3 Å². The topological polar surface area (TPSA) is 75.6 Å². The van der Waals surface area contributed by atoms with Gasteiger partial charge in [0.05, 0.1) is 0 Å². The molecule has 5 heteroatoms. The number of carbonyl (C=O) groups is 2. The third-order valence-corrected chi connectivity index (χ3v) is 1.76. The summed E-state index contributed by atoms with van der Waals surface area (Å²) in [6.45, 7) is 0. The molecular weight excluding hydrogens is 198 g/mol. The Morgan fingerprint density at radius 3 is 2.40 bits per heavy atom. The van der Waals surface area contributed by atoms with Crippen LogP contribution in [-0.2, 0) is 9.53 Å². The minimum Gasteiger partial charge on any atom is -0.478 e. The van der Waals surface area contributed by atoms with Crippen LogP contribution in [0.2, 0.25) is 0 Å². The fourth-order valence-corrected chi connectivity index (χ4v) is 1.01. The van der Waals surface area contributed by atoms with E-state index in [-0.39, 0.29) is 0 Å². The summed E-state index contributed by atoms with van der Waals surface area (Å²) in [5.74, 6) is -1.72. The molecular formula is C10H11NO4. The number of ether oxygens (including phenoxy) is 1. The fourth-order valence-electron chi connectivity index (χ4n) is 1.01. The molecule has 0 saturated carbocycles. The van der Waals surface area contributed by atoms with Crippen molar-refractivity contribution in [1.82, 2.24) is 5.32 Å². The Hall–Kier alpha value is -1.88. The fraction of sp³-hybridized carbons (Fsp3) is 0.200. The number of hydrogen-bond donors (Lipinski definition) is 2. The van der Waals surface area contributed by atoms with E-state index < -0.39 is 18.1 Å². The van der Waals surface area contributed by atoms with Crippen molar-refractivity contribution in [3.63, 3.8) is 0 Å². The van der Waals surface area contributed by atoms with Crippen LogP contribution < -0.4 is 5.32 Å².